The van der Waals surface area contributed by atoms with Crippen LogP contribution >= 0.6 is 0 Å². The number of hydrogen-bond acceptors (Lipinski definition) is 5. The van der Waals surface area contributed by atoms with Crippen LogP contribution in [0.5, 0.6) is 5.75 Å². The molecule has 1 atom stereocenters. The van der Waals surface area contributed by atoms with E-state index in [-0.39, 0.29) is 11.2 Å². The SMILES string of the molecule is COC(=O)C(C)Oc1c(-c2ccc(C)cc2)oc2ccc(C)cc2c1=O. The first-order chi connectivity index (χ1) is 12.4. The Balaban J connectivity index is 2.25. The zero-order chi connectivity index (χ0) is 18.8. The van der Waals surface area contributed by atoms with E-state index in [1.54, 1.807) is 12.1 Å². The van der Waals surface area contributed by atoms with Gasteiger partial charge in [0.25, 0.3) is 0 Å². The van der Waals surface area contributed by atoms with Crippen LogP contribution in [0.25, 0.3) is 22.3 Å². The van der Waals surface area contributed by atoms with Gasteiger partial charge in [0.05, 0.1) is 12.5 Å². The number of aryl methyl sites for hydroxylation is 2. The summed E-state index contributed by atoms with van der Waals surface area (Å²) >= 11 is 0. The average Bonchev–Trinajstić information content (AvgIpc) is 2.64. The molecule has 2 aromatic carbocycles. The third-order valence-corrected chi connectivity index (χ3v) is 4.15. The van der Waals surface area contributed by atoms with Crippen molar-refractivity contribution in [3.63, 3.8) is 0 Å². The minimum absolute atomic E-state index is 0.00449. The van der Waals surface area contributed by atoms with Gasteiger partial charge in [-0.15, -0.1) is 0 Å². The molecule has 5 nitrogen and oxygen atoms in total. The van der Waals surface area contributed by atoms with Crippen molar-refractivity contribution >= 4 is 16.9 Å². The van der Waals surface area contributed by atoms with Crippen LogP contribution in [0.1, 0.15) is 18.1 Å². The Bertz CT molecular complexity index is 1010. The lowest BCUT2D eigenvalue weighted by molar-refractivity contribution is -0.147. The summed E-state index contributed by atoms with van der Waals surface area (Å²) in [6, 6.07) is 12.9. The van der Waals surface area contributed by atoms with Crippen molar-refractivity contribution in [2.24, 2.45) is 0 Å². The molecule has 0 spiro atoms. The highest BCUT2D eigenvalue weighted by molar-refractivity contribution is 5.83. The van der Waals surface area contributed by atoms with Crippen molar-refractivity contribution in [2.45, 2.75) is 26.9 Å². The minimum Gasteiger partial charge on any atom is -0.471 e. The predicted octanol–water partition coefficient (Wildman–Crippen LogP) is 4.02. The lowest BCUT2D eigenvalue weighted by Gasteiger charge is -2.15. The second-order valence-electron chi connectivity index (χ2n) is 6.24. The molecule has 0 saturated heterocycles. The van der Waals surface area contributed by atoms with Gasteiger partial charge in [0, 0.05) is 5.56 Å². The van der Waals surface area contributed by atoms with Gasteiger partial charge in [-0.3, -0.25) is 4.79 Å². The van der Waals surface area contributed by atoms with Crippen molar-refractivity contribution in [3.8, 4) is 17.1 Å². The number of rotatable bonds is 4. The maximum Gasteiger partial charge on any atom is 0.346 e. The van der Waals surface area contributed by atoms with Gasteiger partial charge >= 0.3 is 5.97 Å². The topological polar surface area (TPSA) is 65.7 Å². The monoisotopic (exact) mass is 352 g/mol. The maximum absolute atomic E-state index is 13.1. The standard InChI is InChI=1S/C21H20O5/c1-12-5-8-15(9-6-12)19-20(25-14(3)21(23)24-4)18(22)16-11-13(2)7-10-17(16)26-19/h5-11,14H,1-4H3. The lowest BCUT2D eigenvalue weighted by Crippen LogP contribution is -2.27. The summed E-state index contributed by atoms with van der Waals surface area (Å²) in [5.41, 5.74) is 2.86. The first-order valence-corrected chi connectivity index (χ1v) is 8.29. The molecule has 3 rings (SSSR count). The molecule has 134 valence electrons. The third-order valence-electron chi connectivity index (χ3n) is 4.15. The fourth-order valence-electron chi connectivity index (χ4n) is 2.68. The minimum atomic E-state index is -0.936. The Labute approximate surface area is 151 Å². The van der Waals surface area contributed by atoms with Crippen LogP contribution in [0, 0.1) is 13.8 Å². The number of esters is 1. The van der Waals surface area contributed by atoms with Gasteiger partial charge in [-0.1, -0.05) is 41.5 Å². The Morgan fingerprint density at radius 1 is 1.04 bits per heavy atom. The number of benzene rings is 2. The van der Waals surface area contributed by atoms with E-state index in [1.165, 1.54) is 14.0 Å². The number of methoxy groups -OCH3 is 1. The van der Waals surface area contributed by atoms with E-state index < -0.39 is 12.1 Å². The Morgan fingerprint density at radius 3 is 2.35 bits per heavy atom. The van der Waals surface area contributed by atoms with Crippen LogP contribution in [-0.2, 0) is 9.53 Å². The molecule has 0 fully saturated rings. The molecule has 3 aromatic rings. The Kier molecular flexibility index (Phi) is 4.80. The van der Waals surface area contributed by atoms with E-state index in [2.05, 4.69) is 0 Å². The summed E-state index contributed by atoms with van der Waals surface area (Å²) in [5.74, 6) is -0.268. The van der Waals surface area contributed by atoms with Gasteiger partial charge in [0.2, 0.25) is 11.2 Å². The fraction of sp³-hybridized carbons (Fsp3) is 0.238. The predicted molar refractivity (Wildman–Crippen MR) is 99.5 cm³/mol. The molecular formula is C21H20O5. The van der Waals surface area contributed by atoms with Crippen LogP contribution in [0.15, 0.2) is 51.7 Å². The summed E-state index contributed by atoms with van der Waals surface area (Å²) in [6.07, 6.45) is -0.936. The normalized spacial score (nSPS) is 12.0. The van der Waals surface area contributed by atoms with Crippen LogP contribution in [0.3, 0.4) is 0 Å². The number of ether oxygens (including phenoxy) is 2. The summed E-state index contributed by atoms with van der Waals surface area (Å²) in [6.45, 7) is 5.40. The largest absolute Gasteiger partial charge is 0.471 e. The molecule has 0 N–H and O–H groups in total. The molecule has 0 amide bonds. The smallest absolute Gasteiger partial charge is 0.346 e. The highest BCUT2D eigenvalue weighted by Crippen LogP contribution is 2.32. The zero-order valence-electron chi connectivity index (χ0n) is 15.2. The number of fused-ring (bicyclic) bond motifs is 1. The summed E-state index contributed by atoms with van der Waals surface area (Å²) < 4.78 is 16.4. The Morgan fingerprint density at radius 2 is 1.69 bits per heavy atom. The fourth-order valence-corrected chi connectivity index (χ4v) is 2.68. The molecule has 26 heavy (non-hydrogen) atoms. The van der Waals surface area contributed by atoms with Gasteiger partial charge in [0.15, 0.2) is 11.9 Å². The van der Waals surface area contributed by atoms with E-state index >= 15 is 0 Å². The number of carbonyl (C=O) groups excluding carboxylic acids is 1. The van der Waals surface area contributed by atoms with E-state index in [0.29, 0.717) is 22.3 Å². The number of hydrogen-bond donors (Lipinski definition) is 0. The van der Waals surface area contributed by atoms with Gasteiger partial charge in [-0.05, 0) is 32.9 Å². The highest BCUT2D eigenvalue weighted by atomic mass is 16.6. The Hall–Kier alpha value is -3.08. The molecular weight excluding hydrogens is 332 g/mol. The first kappa shape index (κ1) is 17.7. The van der Waals surface area contributed by atoms with Crippen molar-refractivity contribution in [3.05, 3.63) is 63.8 Å². The molecule has 0 radical (unpaired) electrons. The van der Waals surface area contributed by atoms with Gasteiger partial charge in [-0.25, -0.2) is 4.79 Å². The van der Waals surface area contributed by atoms with Crippen molar-refractivity contribution in [1.29, 1.82) is 0 Å². The van der Waals surface area contributed by atoms with E-state index in [4.69, 9.17) is 13.9 Å². The van der Waals surface area contributed by atoms with Crippen LogP contribution in [-0.4, -0.2) is 19.2 Å². The van der Waals surface area contributed by atoms with Gasteiger partial charge < -0.3 is 13.9 Å². The van der Waals surface area contributed by atoms with E-state index in [0.717, 1.165) is 11.1 Å². The maximum atomic E-state index is 13.1. The summed E-state index contributed by atoms with van der Waals surface area (Å²) in [5, 5.41) is 0.410. The molecule has 5 heteroatoms. The molecule has 1 unspecified atom stereocenters. The second kappa shape index (κ2) is 7.04. The summed E-state index contributed by atoms with van der Waals surface area (Å²) in [4.78, 5) is 24.8. The van der Waals surface area contributed by atoms with Crippen molar-refractivity contribution < 1.29 is 18.7 Å². The molecule has 1 aromatic heterocycles. The van der Waals surface area contributed by atoms with Crippen molar-refractivity contribution in [2.75, 3.05) is 7.11 Å². The molecule has 0 bridgehead atoms. The molecule has 0 aliphatic rings. The van der Waals surface area contributed by atoms with Crippen LogP contribution in [0.4, 0.5) is 0 Å². The van der Waals surface area contributed by atoms with Crippen molar-refractivity contribution in [1.82, 2.24) is 0 Å². The lowest BCUT2D eigenvalue weighted by atomic mass is 10.1. The first-order valence-electron chi connectivity index (χ1n) is 8.29. The molecule has 0 aliphatic heterocycles. The second-order valence-corrected chi connectivity index (χ2v) is 6.24. The van der Waals surface area contributed by atoms with Gasteiger partial charge in [0.1, 0.15) is 5.58 Å². The third kappa shape index (κ3) is 3.33. The number of carbonyl (C=O) groups is 1. The molecule has 0 saturated carbocycles. The molecule has 0 aliphatic carbocycles. The zero-order valence-corrected chi connectivity index (χ0v) is 15.2. The van der Waals surface area contributed by atoms with E-state index in [1.807, 2.05) is 44.2 Å². The van der Waals surface area contributed by atoms with Gasteiger partial charge in [-0.2, -0.15) is 0 Å². The summed E-state index contributed by atoms with van der Waals surface area (Å²) in [7, 11) is 1.27. The molecule has 1 heterocycles. The highest BCUT2D eigenvalue weighted by Gasteiger charge is 2.23. The van der Waals surface area contributed by atoms with E-state index in [9.17, 15) is 9.59 Å². The quantitative estimate of drug-likeness (QED) is 0.664. The van der Waals surface area contributed by atoms with Crippen LogP contribution < -0.4 is 10.2 Å². The average molecular weight is 352 g/mol. The van der Waals surface area contributed by atoms with Crippen LogP contribution in [0.2, 0.25) is 0 Å².